The molecule has 0 radical (unpaired) electrons. The Morgan fingerprint density at radius 2 is 2.00 bits per heavy atom. The molecule has 1 aromatic rings. The van der Waals surface area contributed by atoms with Gasteiger partial charge in [-0.25, -0.2) is 4.98 Å². The lowest BCUT2D eigenvalue weighted by molar-refractivity contribution is -0.137. The van der Waals surface area contributed by atoms with E-state index in [2.05, 4.69) is 32.0 Å². The topological polar surface area (TPSA) is 89.0 Å². The number of piperazine rings is 1. The lowest BCUT2D eigenvalue weighted by atomic mass is 9.86. The third-order valence-corrected chi connectivity index (χ3v) is 5.99. The van der Waals surface area contributed by atoms with Gasteiger partial charge < -0.3 is 20.2 Å². The van der Waals surface area contributed by atoms with Crippen LogP contribution in [-0.4, -0.2) is 91.2 Å². The minimum Gasteiger partial charge on any atom is -0.481 e. The quantitative estimate of drug-likeness (QED) is 0.742. The van der Waals surface area contributed by atoms with Crippen molar-refractivity contribution in [1.29, 1.82) is 0 Å². The summed E-state index contributed by atoms with van der Waals surface area (Å²) >= 11 is 0. The second-order valence-corrected chi connectivity index (χ2v) is 7.79. The summed E-state index contributed by atoms with van der Waals surface area (Å²) in [4.78, 5) is 34.9. The lowest BCUT2D eigenvalue weighted by Gasteiger charge is -2.47. The molecular weight excluding hydrogens is 358 g/mol. The Morgan fingerprint density at radius 3 is 2.68 bits per heavy atom. The number of likely N-dealkylation sites (N-methyl/N-ethyl adjacent to an activating group) is 1. The van der Waals surface area contributed by atoms with Gasteiger partial charge in [0.25, 0.3) is 5.91 Å². The number of aromatic nitrogens is 1. The fourth-order valence-electron chi connectivity index (χ4n) is 4.40. The van der Waals surface area contributed by atoms with Gasteiger partial charge in [0, 0.05) is 65.0 Å². The number of hydrogen-bond acceptors (Lipinski definition) is 6. The molecule has 0 bridgehead atoms. The molecule has 2 aliphatic rings. The van der Waals surface area contributed by atoms with E-state index in [1.807, 2.05) is 0 Å². The highest BCUT2D eigenvalue weighted by atomic mass is 16.4. The Hall–Kier alpha value is -2.19. The molecule has 1 amide bonds. The minimum absolute atomic E-state index is 0.147. The third-order valence-electron chi connectivity index (χ3n) is 5.99. The number of piperidine rings is 1. The molecule has 1 aromatic heterocycles. The summed E-state index contributed by atoms with van der Waals surface area (Å²) in [7, 11) is 3.76. The van der Waals surface area contributed by atoms with E-state index in [0.29, 0.717) is 23.8 Å². The van der Waals surface area contributed by atoms with E-state index in [1.54, 1.807) is 25.4 Å². The van der Waals surface area contributed by atoms with E-state index in [9.17, 15) is 14.7 Å². The predicted molar refractivity (Wildman–Crippen MR) is 108 cm³/mol. The van der Waals surface area contributed by atoms with Crippen molar-refractivity contribution in [3.8, 4) is 0 Å². The summed E-state index contributed by atoms with van der Waals surface area (Å²) in [6, 6.07) is 3.95. The van der Waals surface area contributed by atoms with Gasteiger partial charge in [0.15, 0.2) is 0 Å². The summed E-state index contributed by atoms with van der Waals surface area (Å²) in [6.07, 6.45) is 3.48. The molecule has 28 heavy (non-hydrogen) atoms. The van der Waals surface area contributed by atoms with Crippen LogP contribution in [0.25, 0.3) is 0 Å². The van der Waals surface area contributed by atoms with E-state index < -0.39 is 5.97 Å². The molecular formula is C20H31N5O3. The second-order valence-electron chi connectivity index (χ2n) is 7.79. The van der Waals surface area contributed by atoms with Gasteiger partial charge in [0.1, 0.15) is 5.82 Å². The van der Waals surface area contributed by atoms with Crippen molar-refractivity contribution in [1.82, 2.24) is 20.1 Å². The SMILES string of the molecule is CNC(=O)c1cccnc1N1CC[C@@H](N2CCN(C)CC2)[C@@H](CCC(=O)O)C1. The number of anilines is 1. The van der Waals surface area contributed by atoms with Crippen molar-refractivity contribution < 1.29 is 14.7 Å². The van der Waals surface area contributed by atoms with Crippen molar-refractivity contribution >= 4 is 17.7 Å². The van der Waals surface area contributed by atoms with Crippen molar-refractivity contribution in [2.24, 2.45) is 5.92 Å². The Labute approximate surface area is 166 Å². The summed E-state index contributed by atoms with van der Waals surface area (Å²) < 4.78 is 0. The lowest BCUT2D eigenvalue weighted by Crippen LogP contribution is -2.56. The van der Waals surface area contributed by atoms with Crippen LogP contribution in [0.4, 0.5) is 5.82 Å². The number of aliphatic carboxylic acids is 1. The van der Waals surface area contributed by atoms with Crippen LogP contribution < -0.4 is 10.2 Å². The zero-order chi connectivity index (χ0) is 20.1. The molecule has 0 unspecified atom stereocenters. The predicted octanol–water partition coefficient (Wildman–Crippen LogP) is 0.748. The number of carbonyl (C=O) groups excluding carboxylic acids is 1. The first-order chi connectivity index (χ1) is 13.5. The second kappa shape index (κ2) is 9.34. The van der Waals surface area contributed by atoms with Gasteiger partial charge >= 0.3 is 5.97 Å². The summed E-state index contributed by atoms with van der Waals surface area (Å²) in [5.74, 6) is 0.0383. The first kappa shape index (κ1) is 20.5. The molecule has 8 heteroatoms. The molecule has 0 aliphatic carbocycles. The molecule has 2 atom stereocenters. The number of carbonyl (C=O) groups is 2. The molecule has 0 aromatic carbocycles. The molecule has 2 N–H and O–H groups in total. The van der Waals surface area contributed by atoms with Crippen LogP contribution >= 0.6 is 0 Å². The zero-order valence-electron chi connectivity index (χ0n) is 16.8. The highest BCUT2D eigenvalue weighted by Gasteiger charge is 2.35. The van der Waals surface area contributed by atoms with Crippen molar-refractivity contribution in [3.63, 3.8) is 0 Å². The van der Waals surface area contributed by atoms with Gasteiger partial charge in [-0.2, -0.15) is 0 Å². The van der Waals surface area contributed by atoms with Crippen LogP contribution in [0.2, 0.25) is 0 Å². The van der Waals surface area contributed by atoms with E-state index in [-0.39, 0.29) is 18.2 Å². The maximum Gasteiger partial charge on any atom is 0.303 e. The highest BCUT2D eigenvalue weighted by molar-refractivity contribution is 5.98. The number of carboxylic acid groups (broad SMARTS) is 1. The molecule has 2 saturated heterocycles. The van der Waals surface area contributed by atoms with E-state index in [4.69, 9.17) is 0 Å². The third kappa shape index (κ3) is 4.80. The standard InChI is InChI=1S/C20H31N5O3/c1-21-20(28)16-4-3-8-22-19(16)25-9-7-17(15(14-25)5-6-18(26)27)24-12-10-23(2)11-13-24/h3-4,8,15,17H,5-7,9-14H2,1-2H3,(H,21,28)(H,26,27)/t15-,17+/m0/s1. The molecule has 3 heterocycles. The molecule has 154 valence electrons. The van der Waals surface area contributed by atoms with Crippen LogP contribution in [0, 0.1) is 5.92 Å². The largest absolute Gasteiger partial charge is 0.481 e. The monoisotopic (exact) mass is 389 g/mol. The van der Waals surface area contributed by atoms with Crippen LogP contribution in [0.1, 0.15) is 29.6 Å². The molecule has 2 fully saturated rings. The first-order valence-electron chi connectivity index (χ1n) is 10.1. The maximum absolute atomic E-state index is 12.2. The van der Waals surface area contributed by atoms with Gasteiger partial charge in [-0.05, 0) is 37.9 Å². The van der Waals surface area contributed by atoms with Crippen LogP contribution in [0.3, 0.4) is 0 Å². The molecule has 2 aliphatic heterocycles. The normalized spacial score (nSPS) is 24.1. The van der Waals surface area contributed by atoms with E-state index >= 15 is 0 Å². The van der Waals surface area contributed by atoms with Crippen molar-refractivity contribution in [2.75, 3.05) is 58.3 Å². The van der Waals surface area contributed by atoms with Gasteiger partial charge in [0.2, 0.25) is 0 Å². The Bertz CT molecular complexity index is 690. The van der Waals surface area contributed by atoms with Crippen LogP contribution in [0.5, 0.6) is 0 Å². The van der Waals surface area contributed by atoms with Crippen LogP contribution in [-0.2, 0) is 4.79 Å². The van der Waals surface area contributed by atoms with Gasteiger partial charge in [-0.3, -0.25) is 14.5 Å². The molecule has 8 nitrogen and oxygen atoms in total. The smallest absolute Gasteiger partial charge is 0.303 e. The molecule has 0 spiro atoms. The summed E-state index contributed by atoms with van der Waals surface area (Å²) in [5.41, 5.74) is 0.569. The van der Waals surface area contributed by atoms with Gasteiger partial charge in [-0.15, -0.1) is 0 Å². The first-order valence-corrected chi connectivity index (χ1v) is 10.1. The number of hydrogen-bond donors (Lipinski definition) is 2. The molecule has 3 rings (SSSR count). The van der Waals surface area contributed by atoms with Crippen molar-refractivity contribution in [2.45, 2.75) is 25.3 Å². The van der Waals surface area contributed by atoms with Gasteiger partial charge in [0.05, 0.1) is 5.56 Å². The number of carboxylic acids is 1. The minimum atomic E-state index is -0.752. The van der Waals surface area contributed by atoms with E-state index in [0.717, 1.165) is 45.7 Å². The molecule has 0 saturated carbocycles. The Kier molecular flexibility index (Phi) is 6.85. The summed E-state index contributed by atoms with van der Waals surface area (Å²) in [6.45, 7) is 5.70. The van der Waals surface area contributed by atoms with Crippen LogP contribution in [0.15, 0.2) is 18.3 Å². The number of pyridine rings is 1. The zero-order valence-corrected chi connectivity index (χ0v) is 16.8. The van der Waals surface area contributed by atoms with E-state index in [1.165, 1.54) is 0 Å². The Morgan fingerprint density at radius 1 is 1.25 bits per heavy atom. The number of nitrogens with one attached hydrogen (secondary N) is 1. The number of amides is 1. The van der Waals surface area contributed by atoms with Gasteiger partial charge in [-0.1, -0.05) is 0 Å². The number of rotatable bonds is 6. The van der Waals surface area contributed by atoms with Crippen molar-refractivity contribution in [3.05, 3.63) is 23.9 Å². The average molecular weight is 390 g/mol. The fourth-order valence-corrected chi connectivity index (χ4v) is 4.40. The fraction of sp³-hybridized carbons (Fsp3) is 0.650. The average Bonchev–Trinajstić information content (AvgIpc) is 2.72. The maximum atomic E-state index is 12.2. The highest BCUT2D eigenvalue weighted by Crippen LogP contribution is 2.30. The Balaban J connectivity index is 1.77. The number of nitrogens with zero attached hydrogens (tertiary/aromatic N) is 4. The summed E-state index contributed by atoms with van der Waals surface area (Å²) in [5, 5.41) is 11.9.